The molecule has 0 heterocycles. The van der Waals surface area contributed by atoms with Crippen LogP contribution < -0.4 is 4.90 Å². The minimum absolute atomic E-state index is 0.257. The van der Waals surface area contributed by atoms with Crippen LogP contribution in [0, 0.1) is 0 Å². The van der Waals surface area contributed by atoms with E-state index < -0.39 is 0 Å². The van der Waals surface area contributed by atoms with Gasteiger partial charge in [-0.15, -0.1) is 0 Å². The summed E-state index contributed by atoms with van der Waals surface area (Å²) in [5.74, 6) is 0.257. The van der Waals surface area contributed by atoms with Gasteiger partial charge >= 0.3 is 0 Å². The maximum absolute atomic E-state index is 11.4. The smallest absolute Gasteiger partial charge is 0.155 e. The number of anilines is 1. The van der Waals surface area contributed by atoms with Gasteiger partial charge in [-0.2, -0.15) is 0 Å². The normalized spacial score (nSPS) is 15.5. The van der Waals surface area contributed by atoms with E-state index in [2.05, 4.69) is 55.2 Å². The molecule has 0 unspecified atom stereocenters. The molecular formula is C18H23NO. The van der Waals surface area contributed by atoms with Crippen LogP contribution in [0.15, 0.2) is 42.0 Å². The number of allylic oxidation sites excluding steroid dienone is 3. The van der Waals surface area contributed by atoms with Crippen molar-refractivity contribution < 1.29 is 4.79 Å². The van der Waals surface area contributed by atoms with E-state index >= 15 is 0 Å². The molecule has 0 aromatic heterocycles. The minimum Gasteiger partial charge on any atom is -0.372 e. The first-order chi connectivity index (χ1) is 9.72. The molecule has 0 N–H and O–H groups in total. The van der Waals surface area contributed by atoms with Gasteiger partial charge in [0, 0.05) is 25.2 Å². The third-order valence-corrected chi connectivity index (χ3v) is 3.75. The average molecular weight is 269 g/mol. The molecule has 1 aromatic rings. The first-order valence-electron chi connectivity index (χ1n) is 7.49. The predicted molar refractivity (Wildman–Crippen MR) is 86.0 cm³/mol. The lowest BCUT2D eigenvalue weighted by Gasteiger charge is -2.20. The van der Waals surface area contributed by atoms with Crippen LogP contribution in [-0.4, -0.2) is 18.9 Å². The summed E-state index contributed by atoms with van der Waals surface area (Å²) in [5.41, 5.74) is 3.59. The maximum atomic E-state index is 11.4. The Hall–Kier alpha value is -1.83. The Bertz CT molecular complexity index is 507. The number of nitrogens with zero attached hydrogens (tertiary/aromatic N) is 1. The van der Waals surface area contributed by atoms with Crippen LogP contribution in [0.5, 0.6) is 0 Å². The summed E-state index contributed by atoms with van der Waals surface area (Å²) in [5, 5.41) is 0. The number of benzene rings is 1. The second kappa shape index (κ2) is 7.09. The van der Waals surface area contributed by atoms with Gasteiger partial charge in [0.2, 0.25) is 0 Å². The minimum atomic E-state index is 0.257. The van der Waals surface area contributed by atoms with Crippen LogP contribution in [0.4, 0.5) is 5.69 Å². The van der Waals surface area contributed by atoms with Crippen molar-refractivity contribution in [2.75, 3.05) is 18.0 Å². The Morgan fingerprint density at radius 2 is 1.75 bits per heavy atom. The standard InChI is InChI=1S/C18H23NO/c1-3-19(4-2)17-12-10-15(11-13-17)8-9-16-6-5-7-18(20)14-16/h8-14H,3-7H2,1-2H3/b9-8+. The van der Waals surface area contributed by atoms with Crippen molar-refractivity contribution in [3.8, 4) is 0 Å². The molecule has 2 heteroatoms. The first-order valence-corrected chi connectivity index (χ1v) is 7.49. The summed E-state index contributed by atoms with van der Waals surface area (Å²) in [7, 11) is 0. The lowest BCUT2D eigenvalue weighted by molar-refractivity contribution is -0.115. The van der Waals surface area contributed by atoms with Gasteiger partial charge in [0.15, 0.2) is 5.78 Å². The molecule has 2 nitrogen and oxygen atoms in total. The summed E-state index contributed by atoms with van der Waals surface area (Å²) in [6.45, 7) is 6.40. The SMILES string of the molecule is CCN(CC)c1ccc(/C=C/C2=CC(=O)CCC2)cc1. The number of carbonyl (C=O) groups excluding carboxylic acids is 1. The van der Waals surface area contributed by atoms with Crippen molar-refractivity contribution in [3.05, 3.63) is 47.6 Å². The highest BCUT2D eigenvalue weighted by Gasteiger charge is 2.07. The quantitative estimate of drug-likeness (QED) is 0.797. The fourth-order valence-electron chi connectivity index (χ4n) is 2.54. The Balaban J connectivity index is 2.05. The summed E-state index contributed by atoms with van der Waals surface area (Å²) in [4.78, 5) is 13.7. The van der Waals surface area contributed by atoms with Crippen LogP contribution in [0.25, 0.3) is 6.08 Å². The maximum Gasteiger partial charge on any atom is 0.155 e. The Kier molecular flexibility index (Phi) is 5.16. The summed E-state index contributed by atoms with van der Waals surface area (Å²) < 4.78 is 0. The van der Waals surface area contributed by atoms with Crippen LogP contribution >= 0.6 is 0 Å². The summed E-state index contributed by atoms with van der Waals surface area (Å²) in [6, 6.07) is 8.59. The van der Waals surface area contributed by atoms with E-state index in [0.717, 1.165) is 31.5 Å². The Morgan fingerprint density at radius 3 is 2.35 bits per heavy atom. The number of ketones is 1. The highest BCUT2D eigenvalue weighted by atomic mass is 16.1. The fourth-order valence-corrected chi connectivity index (χ4v) is 2.54. The number of hydrogen-bond donors (Lipinski definition) is 0. The van der Waals surface area contributed by atoms with Crippen LogP contribution in [-0.2, 0) is 4.79 Å². The lowest BCUT2D eigenvalue weighted by Crippen LogP contribution is -2.21. The predicted octanol–water partition coefficient (Wildman–Crippen LogP) is 4.23. The van der Waals surface area contributed by atoms with Gasteiger partial charge in [0.25, 0.3) is 0 Å². The van der Waals surface area contributed by atoms with Crippen molar-refractivity contribution in [3.63, 3.8) is 0 Å². The van der Waals surface area contributed by atoms with Crippen molar-refractivity contribution in [2.24, 2.45) is 0 Å². The summed E-state index contributed by atoms with van der Waals surface area (Å²) >= 11 is 0. The summed E-state index contributed by atoms with van der Waals surface area (Å²) in [6.07, 6.45) is 8.65. The van der Waals surface area contributed by atoms with Crippen molar-refractivity contribution in [2.45, 2.75) is 33.1 Å². The van der Waals surface area contributed by atoms with E-state index in [4.69, 9.17) is 0 Å². The topological polar surface area (TPSA) is 20.3 Å². The number of hydrogen-bond acceptors (Lipinski definition) is 2. The number of carbonyl (C=O) groups is 1. The van der Waals surface area contributed by atoms with E-state index in [-0.39, 0.29) is 5.78 Å². The van der Waals surface area contributed by atoms with Crippen LogP contribution in [0.3, 0.4) is 0 Å². The van der Waals surface area contributed by atoms with E-state index in [1.165, 1.54) is 11.3 Å². The van der Waals surface area contributed by atoms with E-state index in [0.29, 0.717) is 6.42 Å². The molecule has 0 bridgehead atoms. The molecule has 1 aliphatic rings. The van der Waals surface area contributed by atoms with E-state index in [9.17, 15) is 4.79 Å². The van der Waals surface area contributed by atoms with Crippen LogP contribution in [0.1, 0.15) is 38.7 Å². The van der Waals surface area contributed by atoms with Crippen molar-refractivity contribution in [1.82, 2.24) is 0 Å². The molecule has 0 atom stereocenters. The fraction of sp³-hybridized carbons (Fsp3) is 0.389. The van der Waals surface area contributed by atoms with Gasteiger partial charge in [-0.3, -0.25) is 4.79 Å². The lowest BCUT2D eigenvalue weighted by atomic mass is 9.98. The monoisotopic (exact) mass is 269 g/mol. The highest BCUT2D eigenvalue weighted by molar-refractivity contribution is 5.91. The molecule has 20 heavy (non-hydrogen) atoms. The molecule has 2 rings (SSSR count). The molecule has 0 radical (unpaired) electrons. The van der Waals surface area contributed by atoms with Gasteiger partial charge in [0.1, 0.15) is 0 Å². The van der Waals surface area contributed by atoms with Gasteiger partial charge in [-0.05, 0) is 56.0 Å². The third-order valence-electron chi connectivity index (χ3n) is 3.75. The van der Waals surface area contributed by atoms with Gasteiger partial charge in [-0.1, -0.05) is 24.3 Å². The molecule has 106 valence electrons. The molecule has 0 saturated heterocycles. The third kappa shape index (κ3) is 3.83. The molecule has 0 amide bonds. The zero-order chi connectivity index (χ0) is 14.4. The first kappa shape index (κ1) is 14.6. The molecule has 1 aromatic carbocycles. The van der Waals surface area contributed by atoms with Gasteiger partial charge < -0.3 is 4.90 Å². The Labute approximate surface area is 121 Å². The van der Waals surface area contributed by atoms with E-state index in [1.807, 2.05) is 0 Å². The van der Waals surface area contributed by atoms with Gasteiger partial charge in [-0.25, -0.2) is 0 Å². The van der Waals surface area contributed by atoms with Gasteiger partial charge in [0.05, 0.1) is 0 Å². The molecule has 0 aliphatic heterocycles. The van der Waals surface area contributed by atoms with Crippen molar-refractivity contribution in [1.29, 1.82) is 0 Å². The second-order valence-electron chi connectivity index (χ2n) is 5.14. The molecule has 1 aliphatic carbocycles. The highest BCUT2D eigenvalue weighted by Crippen LogP contribution is 2.19. The Morgan fingerprint density at radius 1 is 1.05 bits per heavy atom. The molecule has 0 spiro atoms. The molecule has 0 saturated carbocycles. The molecular weight excluding hydrogens is 246 g/mol. The average Bonchev–Trinajstić information content (AvgIpc) is 2.48. The zero-order valence-corrected chi connectivity index (χ0v) is 12.4. The number of rotatable bonds is 5. The van der Waals surface area contributed by atoms with Crippen molar-refractivity contribution >= 4 is 17.5 Å². The zero-order valence-electron chi connectivity index (χ0n) is 12.4. The largest absolute Gasteiger partial charge is 0.372 e. The molecule has 0 fully saturated rings. The van der Waals surface area contributed by atoms with E-state index in [1.54, 1.807) is 6.08 Å². The van der Waals surface area contributed by atoms with Crippen LogP contribution in [0.2, 0.25) is 0 Å². The second-order valence-corrected chi connectivity index (χ2v) is 5.14.